The molecule has 1 atom stereocenters. The van der Waals surface area contributed by atoms with Gasteiger partial charge in [0.1, 0.15) is 0 Å². The summed E-state index contributed by atoms with van der Waals surface area (Å²) in [7, 11) is 4.27. The van der Waals surface area contributed by atoms with E-state index in [0.717, 1.165) is 19.1 Å². The maximum absolute atomic E-state index is 3.69. The summed E-state index contributed by atoms with van der Waals surface area (Å²) in [6.07, 6.45) is 5.33. The molecule has 0 aliphatic carbocycles. The minimum absolute atomic E-state index is 0.752. The summed E-state index contributed by atoms with van der Waals surface area (Å²) in [5.74, 6) is 0. The number of rotatable bonds is 6. The molecule has 1 rings (SSSR count). The van der Waals surface area contributed by atoms with Crippen LogP contribution in [0.3, 0.4) is 0 Å². The number of likely N-dealkylation sites (tertiary alicyclic amines) is 1. The van der Waals surface area contributed by atoms with Crippen molar-refractivity contribution >= 4 is 0 Å². The topological polar surface area (TPSA) is 18.5 Å². The van der Waals surface area contributed by atoms with Crippen LogP contribution in [-0.2, 0) is 0 Å². The second kappa shape index (κ2) is 8.04. The molecule has 0 aromatic heterocycles. The van der Waals surface area contributed by atoms with Gasteiger partial charge in [0, 0.05) is 19.1 Å². The third kappa shape index (κ3) is 5.83. The van der Waals surface area contributed by atoms with Crippen LogP contribution in [0.15, 0.2) is 0 Å². The molecule has 1 aliphatic rings. The molecule has 0 aromatic carbocycles. The van der Waals surface area contributed by atoms with E-state index in [1.54, 1.807) is 0 Å². The summed E-state index contributed by atoms with van der Waals surface area (Å²) in [4.78, 5) is 4.86. The summed E-state index contributed by atoms with van der Waals surface area (Å²) in [5, 5.41) is 3.69. The van der Waals surface area contributed by atoms with Gasteiger partial charge in [-0.15, -0.1) is 0 Å². The number of likely N-dealkylation sites (N-methyl/N-ethyl adjacent to an activating group) is 1. The van der Waals surface area contributed by atoms with E-state index in [4.69, 9.17) is 0 Å². The maximum Gasteiger partial charge on any atom is 0.0101 e. The normalized spacial score (nSPS) is 23.6. The number of nitrogens with one attached hydrogen (secondary N) is 1. The fraction of sp³-hybridized carbons (Fsp3) is 1.00. The highest BCUT2D eigenvalue weighted by atomic mass is 15.1. The molecule has 3 heteroatoms. The highest BCUT2D eigenvalue weighted by molar-refractivity contribution is 4.74. The second-order valence-corrected chi connectivity index (χ2v) is 5.23. The molecule has 1 fully saturated rings. The van der Waals surface area contributed by atoms with Crippen LogP contribution in [0.4, 0.5) is 0 Å². The van der Waals surface area contributed by atoms with Crippen LogP contribution in [0.25, 0.3) is 0 Å². The molecule has 0 radical (unpaired) electrons. The number of hydrogen-bond donors (Lipinski definition) is 1. The summed E-state index contributed by atoms with van der Waals surface area (Å²) < 4.78 is 0. The van der Waals surface area contributed by atoms with Gasteiger partial charge in [-0.2, -0.15) is 0 Å². The zero-order chi connectivity index (χ0) is 11.8. The minimum Gasteiger partial charge on any atom is -0.313 e. The Kier molecular flexibility index (Phi) is 7.01. The van der Waals surface area contributed by atoms with Gasteiger partial charge in [0.15, 0.2) is 0 Å². The third-order valence-corrected chi connectivity index (χ3v) is 3.35. The fourth-order valence-electron chi connectivity index (χ4n) is 2.39. The largest absolute Gasteiger partial charge is 0.313 e. The predicted octanol–water partition coefficient (Wildman–Crippen LogP) is 1.40. The lowest BCUT2D eigenvalue weighted by atomic mass is 10.1. The number of hydrogen-bond acceptors (Lipinski definition) is 3. The van der Waals surface area contributed by atoms with Crippen LogP contribution in [0, 0.1) is 0 Å². The standard InChI is InChI=1S/C13H29N3/c1-4-9-16-10-5-6-13(7-11-16)14-8-12-15(2)3/h13-14H,4-12H2,1-3H3. The average Bonchev–Trinajstić information content (AvgIpc) is 2.44. The first-order valence-corrected chi connectivity index (χ1v) is 6.83. The van der Waals surface area contributed by atoms with E-state index in [9.17, 15) is 0 Å². The Balaban J connectivity index is 2.14. The SMILES string of the molecule is CCCN1CCCC(NCCN(C)C)CC1. The molecule has 1 N–H and O–H groups in total. The molecule has 0 aromatic rings. The van der Waals surface area contributed by atoms with Crippen LogP contribution >= 0.6 is 0 Å². The van der Waals surface area contributed by atoms with E-state index < -0.39 is 0 Å². The van der Waals surface area contributed by atoms with E-state index in [-0.39, 0.29) is 0 Å². The average molecular weight is 227 g/mol. The molecule has 1 heterocycles. The molecule has 1 unspecified atom stereocenters. The van der Waals surface area contributed by atoms with Gasteiger partial charge in [0.25, 0.3) is 0 Å². The van der Waals surface area contributed by atoms with E-state index in [1.165, 1.54) is 45.3 Å². The van der Waals surface area contributed by atoms with Crippen LogP contribution < -0.4 is 5.32 Å². The first-order chi connectivity index (χ1) is 7.72. The zero-order valence-electron chi connectivity index (χ0n) is 11.3. The Morgan fingerprint density at radius 1 is 1.25 bits per heavy atom. The molecular formula is C13H29N3. The van der Waals surface area contributed by atoms with E-state index in [1.807, 2.05) is 0 Å². The van der Waals surface area contributed by atoms with Crippen molar-refractivity contribution in [3.8, 4) is 0 Å². The quantitative estimate of drug-likeness (QED) is 0.740. The van der Waals surface area contributed by atoms with Gasteiger partial charge < -0.3 is 15.1 Å². The lowest BCUT2D eigenvalue weighted by Gasteiger charge is -2.20. The van der Waals surface area contributed by atoms with Crippen LogP contribution in [-0.4, -0.2) is 62.7 Å². The molecule has 0 spiro atoms. The Bertz CT molecular complexity index is 171. The zero-order valence-corrected chi connectivity index (χ0v) is 11.3. The number of nitrogens with zero attached hydrogens (tertiary/aromatic N) is 2. The van der Waals surface area contributed by atoms with E-state index >= 15 is 0 Å². The first-order valence-electron chi connectivity index (χ1n) is 6.83. The van der Waals surface area contributed by atoms with Crippen molar-refractivity contribution in [2.45, 2.75) is 38.6 Å². The van der Waals surface area contributed by atoms with Crippen molar-refractivity contribution in [1.82, 2.24) is 15.1 Å². The molecule has 0 amide bonds. The highest BCUT2D eigenvalue weighted by Gasteiger charge is 2.15. The van der Waals surface area contributed by atoms with E-state index in [0.29, 0.717) is 0 Å². The molecule has 1 aliphatic heterocycles. The maximum atomic E-state index is 3.69. The highest BCUT2D eigenvalue weighted by Crippen LogP contribution is 2.11. The van der Waals surface area contributed by atoms with Gasteiger partial charge in [0.2, 0.25) is 0 Å². The monoisotopic (exact) mass is 227 g/mol. The summed E-state index contributed by atoms with van der Waals surface area (Å²) >= 11 is 0. The van der Waals surface area contributed by atoms with Gasteiger partial charge in [-0.3, -0.25) is 0 Å². The Morgan fingerprint density at radius 2 is 2.06 bits per heavy atom. The predicted molar refractivity (Wildman–Crippen MR) is 70.9 cm³/mol. The molecule has 16 heavy (non-hydrogen) atoms. The van der Waals surface area contributed by atoms with Crippen molar-refractivity contribution in [1.29, 1.82) is 0 Å². The smallest absolute Gasteiger partial charge is 0.0101 e. The molecular weight excluding hydrogens is 198 g/mol. The summed E-state index contributed by atoms with van der Waals surface area (Å²) in [6.45, 7) is 8.43. The van der Waals surface area contributed by atoms with Gasteiger partial charge in [-0.1, -0.05) is 6.92 Å². The Morgan fingerprint density at radius 3 is 2.75 bits per heavy atom. The Labute approximate surface area is 101 Å². The van der Waals surface area contributed by atoms with Gasteiger partial charge >= 0.3 is 0 Å². The first kappa shape index (κ1) is 13.9. The van der Waals surface area contributed by atoms with Crippen LogP contribution in [0.5, 0.6) is 0 Å². The molecule has 0 bridgehead atoms. The van der Waals surface area contributed by atoms with Gasteiger partial charge in [0.05, 0.1) is 0 Å². The Hall–Kier alpha value is -0.120. The summed E-state index contributed by atoms with van der Waals surface area (Å²) in [6, 6.07) is 0.752. The second-order valence-electron chi connectivity index (χ2n) is 5.23. The van der Waals surface area contributed by atoms with Gasteiger partial charge in [-0.25, -0.2) is 0 Å². The van der Waals surface area contributed by atoms with Crippen LogP contribution in [0.2, 0.25) is 0 Å². The van der Waals surface area contributed by atoms with Gasteiger partial charge in [-0.05, 0) is 59.4 Å². The molecule has 0 saturated carbocycles. The third-order valence-electron chi connectivity index (χ3n) is 3.35. The van der Waals surface area contributed by atoms with Crippen molar-refractivity contribution < 1.29 is 0 Å². The van der Waals surface area contributed by atoms with Crippen molar-refractivity contribution in [3.05, 3.63) is 0 Å². The van der Waals surface area contributed by atoms with Crippen LogP contribution in [0.1, 0.15) is 32.6 Å². The van der Waals surface area contributed by atoms with Crippen molar-refractivity contribution in [2.75, 3.05) is 46.8 Å². The van der Waals surface area contributed by atoms with Crippen molar-refractivity contribution in [2.24, 2.45) is 0 Å². The molecule has 1 saturated heterocycles. The lowest BCUT2D eigenvalue weighted by molar-refractivity contribution is 0.282. The van der Waals surface area contributed by atoms with Crippen molar-refractivity contribution in [3.63, 3.8) is 0 Å². The fourth-order valence-corrected chi connectivity index (χ4v) is 2.39. The van der Waals surface area contributed by atoms with E-state index in [2.05, 4.69) is 36.1 Å². The molecule has 96 valence electrons. The minimum atomic E-state index is 0.752. The molecule has 3 nitrogen and oxygen atoms in total. The lowest BCUT2D eigenvalue weighted by Crippen LogP contribution is -2.35. The summed E-state index contributed by atoms with van der Waals surface area (Å²) in [5.41, 5.74) is 0.